The minimum Gasteiger partial charge on any atom is -0.351 e. The zero-order chi connectivity index (χ0) is 20.6. The fourth-order valence-electron chi connectivity index (χ4n) is 3.14. The average Bonchev–Trinajstić information content (AvgIpc) is 2.71. The van der Waals surface area contributed by atoms with E-state index in [1.807, 2.05) is 35.2 Å². The SMILES string of the molecule is O=C(CN1CCN(CC(=O)Nc2ccc(Cl)cc2F)CC1)NCc1ccccc1. The van der Waals surface area contributed by atoms with E-state index in [9.17, 15) is 14.0 Å². The molecule has 0 saturated carbocycles. The van der Waals surface area contributed by atoms with Crippen LogP contribution >= 0.6 is 11.6 Å². The molecule has 0 bridgehead atoms. The Morgan fingerprint density at radius 1 is 0.931 bits per heavy atom. The highest BCUT2D eigenvalue weighted by atomic mass is 35.5. The maximum absolute atomic E-state index is 13.8. The number of carbonyl (C=O) groups is 2. The molecule has 3 rings (SSSR count). The second-order valence-corrected chi connectivity index (χ2v) is 7.42. The predicted octanol–water partition coefficient (Wildman–Crippen LogP) is 2.35. The lowest BCUT2D eigenvalue weighted by molar-refractivity contribution is -0.123. The van der Waals surface area contributed by atoms with Gasteiger partial charge in [-0.2, -0.15) is 0 Å². The molecular weight excluding hydrogens is 395 g/mol. The van der Waals surface area contributed by atoms with E-state index in [-0.39, 0.29) is 29.1 Å². The van der Waals surface area contributed by atoms with E-state index >= 15 is 0 Å². The quantitative estimate of drug-likeness (QED) is 0.724. The summed E-state index contributed by atoms with van der Waals surface area (Å²) >= 11 is 5.72. The smallest absolute Gasteiger partial charge is 0.238 e. The highest BCUT2D eigenvalue weighted by molar-refractivity contribution is 6.30. The van der Waals surface area contributed by atoms with Gasteiger partial charge in [0.05, 0.1) is 18.8 Å². The number of benzene rings is 2. The standard InChI is InChI=1S/C21H24ClFN4O2/c22-17-6-7-19(18(23)12-17)25-21(29)15-27-10-8-26(9-11-27)14-20(28)24-13-16-4-2-1-3-5-16/h1-7,12H,8-11,13-15H2,(H,24,28)(H,25,29). The van der Waals surface area contributed by atoms with Gasteiger partial charge in [-0.15, -0.1) is 0 Å². The zero-order valence-electron chi connectivity index (χ0n) is 16.0. The van der Waals surface area contributed by atoms with Gasteiger partial charge < -0.3 is 10.6 Å². The number of hydrogen-bond acceptors (Lipinski definition) is 4. The van der Waals surface area contributed by atoms with Crippen molar-refractivity contribution in [2.45, 2.75) is 6.54 Å². The van der Waals surface area contributed by atoms with Gasteiger partial charge in [-0.25, -0.2) is 4.39 Å². The number of anilines is 1. The number of carbonyl (C=O) groups excluding carboxylic acids is 2. The van der Waals surface area contributed by atoms with Crippen LogP contribution in [-0.4, -0.2) is 60.9 Å². The summed E-state index contributed by atoms with van der Waals surface area (Å²) < 4.78 is 13.8. The first-order valence-electron chi connectivity index (χ1n) is 9.50. The van der Waals surface area contributed by atoms with Crippen molar-refractivity contribution >= 4 is 29.1 Å². The van der Waals surface area contributed by atoms with Crippen molar-refractivity contribution in [2.75, 3.05) is 44.6 Å². The van der Waals surface area contributed by atoms with Crippen molar-refractivity contribution in [3.05, 3.63) is 64.9 Å². The second kappa shape index (κ2) is 10.3. The molecule has 8 heteroatoms. The Morgan fingerprint density at radius 2 is 1.55 bits per heavy atom. The Hall–Kier alpha value is -2.48. The third-order valence-corrected chi connectivity index (χ3v) is 4.97. The predicted molar refractivity (Wildman–Crippen MR) is 111 cm³/mol. The summed E-state index contributed by atoms with van der Waals surface area (Å²) in [5, 5.41) is 5.77. The zero-order valence-corrected chi connectivity index (χ0v) is 16.8. The Kier molecular flexibility index (Phi) is 7.57. The number of rotatable bonds is 7. The molecule has 2 aromatic carbocycles. The highest BCUT2D eigenvalue weighted by Gasteiger charge is 2.21. The molecule has 0 unspecified atom stereocenters. The van der Waals surface area contributed by atoms with E-state index < -0.39 is 5.82 Å². The topological polar surface area (TPSA) is 64.7 Å². The van der Waals surface area contributed by atoms with Crippen molar-refractivity contribution in [3.63, 3.8) is 0 Å². The van der Waals surface area contributed by atoms with Crippen LogP contribution in [0, 0.1) is 5.82 Å². The molecule has 1 saturated heterocycles. The van der Waals surface area contributed by atoms with Crippen LogP contribution in [0.3, 0.4) is 0 Å². The van der Waals surface area contributed by atoms with Gasteiger partial charge in [0.1, 0.15) is 5.82 Å². The molecule has 0 atom stereocenters. The van der Waals surface area contributed by atoms with Gasteiger partial charge in [-0.05, 0) is 23.8 Å². The van der Waals surface area contributed by atoms with Crippen molar-refractivity contribution in [1.29, 1.82) is 0 Å². The lowest BCUT2D eigenvalue weighted by Gasteiger charge is -2.33. The molecule has 2 N–H and O–H groups in total. The maximum Gasteiger partial charge on any atom is 0.238 e. The van der Waals surface area contributed by atoms with E-state index in [1.165, 1.54) is 18.2 Å². The van der Waals surface area contributed by atoms with Gasteiger partial charge in [-0.1, -0.05) is 41.9 Å². The molecule has 0 aromatic heterocycles. The Labute approximate surface area is 174 Å². The lowest BCUT2D eigenvalue weighted by Crippen LogP contribution is -2.50. The largest absolute Gasteiger partial charge is 0.351 e. The minimum atomic E-state index is -0.558. The summed E-state index contributed by atoms with van der Waals surface area (Å²) in [5.41, 5.74) is 1.18. The highest BCUT2D eigenvalue weighted by Crippen LogP contribution is 2.18. The first-order valence-corrected chi connectivity index (χ1v) is 9.87. The van der Waals surface area contributed by atoms with Gasteiger partial charge in [0, 0.05) is 37.7 Å². The summed E-state index contributed by atoms with van der Waals surface area (Å²) in [6.07, 6.45) is 0. The average molecular weight is 419 g/mol. The molecule has 1 aliphatic rings. The molecule has 6 nitrogen and oxygen atoms in total. The van der Waals surface area contributed by atoms with Gasteiger partial charge >= 0.3 is 0 Å². The third-order valence-electron chi connectivity index (χ3n) is 4.74. The number of amides is 2. The van der Waals surface area contributed by atoms with Crippen LogP contribution in [0.25, 0.3) is 0 Å². The monoisotopic (exact) mass is 418 g/mol. The van der Waals surface area contributed by atoms with Gasteiger partial charge in [0.15, 0.2) is 0 Å². The van der Waals surface area contributed by atoms with Crippen LogP contribution in [0.1, 0.15) is 5.56 Å². The van der Waals surface area contributed by atoms with E-state index in [1.54, 1.807) is 0 Å². The van der Waals surface area contributed by atoms with Gasteiger partial charge in [0.2, 0.25) is 11.8 Å². The summed E-state index contributed by atoms with van der Waals surface area (Å²) in [6.45, 7) is 3.76. The summed E-state index contributed by atoms with van der Waals surface area (Å²) in [7, 11) is 0. The van der Waals surface area contributed by atoms with Crippen molar-refractivity contribution < 1.29 is 14.0 Å². The minimum absolute atomic E-state index is 0.0155. The fraction of sp³-hybridized carbons (Fsp3) is 0.333. The number of piperazine rings is 1. The molecule has 154 valence electrons. The van der Waals surface area contributed by atoms with Crippen LogP contribution < -0.4 is 10.6 Å². The molecule has 1 fully saturated rings. The Balaban J connectivity index is 1.36. The fourth-order valence-corrected chi connectivity index (χ4v) is 3.30. The lowest BCUT2D eigenvalue weighted by atomic mass is 10.2. The van der Waals surface area contributed by atoms with Crippen LogP contribution in [0.4, 0.5) is 10.1 Å². The molecule has 0 spiro atoms. The first-order chi connectivity index (χ1) is 14.0. The molecular formula is C21H24ClFN4O2. The second-order valence-electron chi connectivity index (χ2n) is 6.99. The number of nitrogens with one attached hydrogen (secondary N) is 2. The van der Waals surface area contributed by atoms with Crippen LogP contribution in [0.2, 0.25) is 5.02 Å². The molecule has 0 aliphatic carbocycles. The van der Waals surface area contributed by atoms with Gasteiger partial charge in [-0.3, -0.25) is 19.4 Å². The summed E-state index contributed by atoms with van der Waals surface area (Å²) in [5.74, 6) is -0.851. The van der Waals surface area contributed by atoms with Crippen LogP contribution in [0.15, 0.2) is 48.5 Å². The molecule has 2 amide bonds. The molecule has 2 aromatic rings. The third kappa shape index (κ3) is 6.81. The van der Waals surface area contributed by atoms with E-state index in [0.717, 1.165) is 5.56 Å². The van der Waals surface area contributed by atoms with Gasteiger partial charge in [0.25, 0.3) is 0 Å². The number of halogens is 2. The van der Waals surface area contributed by atoms with Crippen LogP contribution in [0.5, 0.6) is 0 Å². The molecule has 1 heterocycles. The van der Waals surface area contributed by atoms with E-state index in [4.69, 9.17) is 11.6 Å². The van der Waals surface area contributed by atoms with E-state index in [2.05, 4.69) is 15.5 Å². The normalized spacial score (nSPS) is 15.1. The van der Waals surface area contributed by atoms with Crippen LogP contribution in [-0.2, 0) is 16.1 Å². The van der Waals surface area contributed by atoms with Crippen molar-refractivity contribution in [1.82, 2.24) is 15.1 Å². The number of nitrogens with zero attached hydrogens (tertiary/aromatic N) is 2. The van der Waals surface area contributed by atoms with Crippen molar-refractivity contribution in [2.24, 2.45) is 0 Å². The maximum atomic E-state index is 13.8. The molecule has 29 heavy (non-hydrogen) atoms. The number of hydrogen-bond donors (Lipinski definition) is 2. The summed E-state index contributed by atoms with van der Waals surface area (Å²) in [6, 6.07) is 13.9. The van der Waals surface area contributed by atoms with E-state index in [0.29, 0.717) is 39.3 Å². The van der Waals surface area contributed by atoms with Crippen molar-refractivity contribution in [3.8, 4) is 0 Å². The molecule has 0 radical (unpaired) electrons. The Bertz CT molecular complexity index is 842. The Morgan fingerprint density at radius 3 is 2.17 bits per heavy atom. The summed E-state index contributed by atoms with van der Waals surface area (Å²) in [4.78, 5) is 28.3. The molecule has 1 aliphatic heterocycles. The first kappa shape index (κ1) is 21.2.